The van der Waals surface area contributed by atoms with Crippen molar-refractivity contribution in [1.82, 2.24) is 0 Å². The van der Waals surface area contributed by atoms with Crippen LogP contribution in [0.25, 0.3) is 0 Å². The summed E-state index contributed by atoms with van der Waals surface area (Å²) in [5, 5.41) is 0. The van der Waals surface area contributed by atoms with E-state index in [4.69, 9.17) is 5.73 Å². The highest BCUT2D eigenvalue weighted by molar-refractivity contribution is 5.85. The Kier molecular flexibility index (Phi) is 4.15. The molecule has 0 aliphatic heterocycles. The van der Waals surface area contributed by atoms with Gasteiger partial charge in [-0.15, -0.1) is 12.4 Å². The van der Waals surface area contributed by atoms with Crippen LogP contribution in [0.2, 0.25) is 0 Å². The fourth-order valence-electron chi connectivity index (χ4n) is 1.07. The SMILES string of the molecule is Cl.NC(CC1CC1)C(F)(F)C(F)(F)F. The lowest BCUT2D eigenvalue weighted by Gasteiger charge is -2.25. The van der Waals surface area contributed by atoms with Crippen LogP contribution in [0.4, 0.5) is 22.0 Å². The van der Waals surface area contributed by atoms with E-state index in [-0.39, 0.29) is 24.7 Å². The van der Waals surface area contributed by atoms with E-state index in [1.54, 1.807) is 0 Å². The van der Waals surface area contributed by atoms with Gasteiger partial charge in [0, 0.05) is 0 Å². The molecule has 1 atom stereocenters. The summed E-state index contributed by atoms with van der Waals surface area (Å²) >= 11 is 0. The Balaban J connectivity index is 0.00000169. The second kappa shape index (κ2) is 4.18. The summed E-state index contributed by atoms with van der Waals surface area (Å²) in [6.07, 6.45) is -4.35. The summed E-state index contributed by atoms with van der Waals surface area (Å²) in [7, 11) is 0. The van der Waals surface area contributed by atoms with E-state index in [1.165, 1.54) is 0 Å². The third-order valence-electron chi connectivity index (χ3n) is 2.13. The molecule has 1 rings (SSSR count). The fourth-order valence-corrected chi connectivity index (χ4v) is 1.07. The molecule has 0 radical (unpaired) electrons. The molecule has 14 heavy (non-hydrogen) atoms. The van der Waals surface area contributed by atoms with E-state index in [0.717, 1.165) is 0 Å². The summed E-state index contributed by atoms with van der Waals surface area (Å²) in [6.45, 7) is 0. The molecule has 1 aliphatic rings. The lowest BCUT2D eigenvalue weighted by Crippen LogP contribution is -2.51. The third kappa shape index (κ3) is 2.95. The van der Waals surface area contributed by atoms with Gasteiger partial charge in [0.1, 0.15) is 0 Å². The van der Waals surface area contributed by atoms with Crippen molar-refractivity contribution in [2.24, 2.45) is 11.7 Å². The zero-order valence-electron chi connectivity index (χ0n) is 7.15. The van der Waals surface area contributed by atoms with Crippen molar-refractivity contribution in [3.05, 3.63) is 0 Å². The second-order valence-corrected chi connectivity index (χ2v) is 3.41. The quantitative estimate of drug-likeness (QED) is 0.753. The first-order valence-corrected chi connectivity index (χ1v) is 3.95. The molecule has 0 bridgehead atoms. The molecule has 1 unspecified atom stereocenters. The maximum atomic E-state index is 12.5. The lowest BCUT2D eigenvalue weighted by molar-refractivity contribution is -0.290. The zero-order chi connectivity index (χ0) is 10.3. The van der Waals surface area contributed by atoms with Crippen LogP contribution in [0.15, 0.2) is 0 Å². The van der Waals surface area contributed by atoms with Crippen LogP contribution in [0.1, 0.15) is 19.3 Å². The number of nitrogens with two attached hydrogens (primary N) is 1. The van der Waals surface area contributed by atoms with Crippen LogP contribution < -0.4 is 5.73 Å². The first-order valence-electron chi connectivity index (χ1n) is 3.95. The standard InChI is InChI=1S/C7H10F5N.ClH/c8-6(9,7(10,11)12)5(13)3-4-1-2-4;/h4-5H,1-3,13H2;1H. The summed E-state index contributed by atoms with van der Waals surface area (Å²) < 4.78 is 60.1. The van der Waals surface area contributed by atoms with Crippen molar-refractivity contribution in [3.8, 4) is 0 Å². The van der Waals surface area contributed by atoms with Crippen LogP contribution >= 0.6 is 12.4 Å². The smallest absolute Gasteiger partial charge is 0.322 e. The Hall–Kier alpha value is -0.100. The summed E-state index contributed by atoms with van der Waals surface area (Å²) in [5.41, 5.74) is 4.81. The molecular weight excluding hydrogens is 229 g/mol. The maximum absolute atomic E-state index is 12.5. The van der Waals surface area contributed by atoms with Gasteiger partial charge in [-0.3, -0.25) is 0 Å². The molecule has 0 heterocycles. The normalized spacial score (nSPS) is 20.1. The highest BCUT2D eigenvalue weighted by Gasteiger charge is 2.61. The molecule has 7 heteroatoms. The maximum Gasteiger partial charge on any atom is 0.454 e. The Bertz CT molecular complexity index is 189. The molecule has 0 spiro atoms. The highest BCUT2D eigenvalue weighted by Crippen LogP contribution is 2.42. The van der Waals surface area contributed by atoms with Gasteiger partial charge < -0.3 is 5.73 Å². The molecule has 0 aromatic heterocycles. The Morgan fingerprint density at radius 2 is 1.57 bits per heavy atom. The molecule has 1 saturated carbocycles. The van der Waals surface area contributed by atoms with Gasteiger partial charge in [-0.25, -0.2) is 0 Å². The van der Waals surface area contributed by atoms with Crippen molar-refractivity contribution in [3.63, 3.8) is 0 Å². The first-order chi connectivity index (χ1) is 5.75. The minimum atomic E-state index is -5.53. The van der Waals surface area contributed by atoms with Crippen molar-refractivity contribution in [2.45, 2.75) is 37.4 Å². The predicted molar refractivity (Wildman–Crippen MR) is 43.6 cm³/mol. The largest absolute Gasteiger partial charge is 0.454 e. The van der Waals surface area contributed by atoms with Gasteiger partial charge in [0.05, 0.1) is 6.04 Å². The van der Waals surface area contributed by atoms with Gasteiger partial charge in [-0.1, -0.05) is 12.8 Å². The van der Waals surface area contributed by atoms with Gasteiger partial charge in [0.25, 0.3) is 0 Å². The summed E-state index contributed by atoms with van der Waals surface area (Å²) in [4.78, 5) is 0. The van der Waals surface area contributed by atoms with E-state index in [0.29, 0.717) is 12.8 Å². The number of hydrogen-bond donors (Lipinski definition) is 1. The Morgan fingerprint density at radius 3 is 1.86 bits per heavy atom. The Morgan fingerprint density at radius 1 is 1.14 bits per heavy atom. The average Bonchev–Trinajstić information content (AvgIpc) is 2.68. The average molecular weight is 240 g/mol. The molecule has 2 N–H and O–H groups in total. The van der Waals surface area contributed by atoms with Gasteiger partial charge in [0.2, 0.25) is 0 Å². The van der Waals surface area contributed by atoms with Gasteiger partial charge >= 0.3 is 12.1 Å². The number of rotatable bonds is 3. The minimum absolute atomic E-state index is 0. The number of alkyl halides is 5. The van der Waals surface area contributed by atoms with Crippen LogP contribution in [0.5, 0.6) is 0 Å². The monoisotopic (exact) mass is 239 g/mol. The van der Waals surface area contributed by atoms with Crippen LogP contribution in [0.3, 0.4) is 0 Å². The van der Waals surface area contributed by atoms with Gasteiger partial charge in [0.15, 0.2) is 0 Å². The molecule has 0 amide bonds. The molecular formula is C7H11ClF5N. The topological polar surface area (TPSA) is 26.0 Å². The van der Waals surface area contributed by atoms with Crippen molar-refractivity contribution in [1.29, 1.82) is 0 Å². The van der Waals surface area contributed by atoms with Crippen molar-refractivity contribution >= 4 is 12.4 Å². The third-order valence-corrected chi connectivity index (χ3v) is 2.13. The van der Waals surface area contributed by atoms with Crippen LogP contribution in [0, 0.1) is 5.92 Å². The molecule has 0 saturated heterocycles. The van der Waals surface area contributed by atoms with E-state index >= 15 is 0 Å². The molecule has 1 nitrogen and oxygen atoms in total. The number of hydrogen-bond acceptors (Lipinski definition) is 1. The number of halogens is 6. The zero-order valence-corrected chi connectivity index (χ0v) is 7.97. The molecule has 0 aromatic rings. The van der Waals surface area contributed by atoms with E-state index < -0.39 is 18.1 Å². The van der Waals surface area contributed by atoms with Crippen molar-refractivity contribution in [2.75, 3.05) is 0 Å². The predicted octanol–water partition coefficient (Wildman–Crippen LogP) is 2.73. The van der Waals surface area contributed by atoms with Gasteiger partial charge in [-0.05, 0) is 12.3 Å². The van der Waals surface area contributed by atoms with Crippen LogP contribution in [-0.2, 0) is 0 Å². The lowest BCUT2D eigenvalue weighted by atomic mass is 10.0. The van der Waals surface area contributed by atoms with Gasteiger partial charge in [-0.2, -0.15) is 22.0 Å². The van der Waals surface area contributed by atoms with E-state index in [2.05, 4.69) is 0 Å². The summed E-state index contributed by atoms with van der Waals surface area (Å²) in [5.74, 6) is -4.79. The summed E-state index contributed by atoms with van der Waals surface area (Å²) in [6, 6.07) is -2.10. The van der Waals surface area contributed by atoms with Crippen LogP contribution in [-0.4, -0.2) is 18.1 Å². The molecule has 86 valence electrons. The molecule has 1 fully saturated rings. The fraction of sp³-hybridized carbons (Fsp3) is 1.00. The molecule has 1 aliphatic carbocycles. The first kappa shape index (κ1) is 13.9. The molecule has 0 aromatic carbocycles. The second-order valence-electron chi connectivity index (χ2n) is 3.41. The van der Waals surface area contributed by atoms with Crippen molar-refractivity contribution < 1.29 is 22.0 Å². The Labute approximate surface area is 84.2 Å². The van der Waals surface area contributed by atoms with E-state index in [9.17, 15) is 22.0 Å². The minimum Gasteiger partial charge on any atom is -0.322 e. The van der Waals surface area contributed by atoms with E-state index in [1.807, 2.05) is 0 Å². The highest BCUT2D eigenvalue weighted by atomic mass is 35.5.